The molecular formula is C18H22ClN3OS. The van der Waals surface area contributed by atoms with Crippen LogP contribution in [-0.4, -0.2) is 28.9 Å². The molecule has 0 spiro atoms. The molecule has 4 nitrogen and oxygen atoms in total. The minimum absolute atomic E-state index is 0.154. The molecule has 1 aliphatic rings. The van der Waals surface area contributed by atoms with Crippen molar-refractivity contribution in [2.75, 3.05) is 18.4 Å². The highest BCUT2D eigenvalue weighted by Gasteiger charge is 2.18. The summed E-state index contributed by atoms with van der Waals surface area (Å²) in [6.07, 6.45) is 2.52. The summed E-state index contributed by atoms with van der Waals surface area (Å²) in [6, 6.07) is 6.86. The molecule has 0 unspecified atom stereocenters. The maximum atomic E-state index is 12.3. The van der Waals surface area contributed by atoms with E-state index in [1.165, 1.54) is 17.7 Å². The molecule has 1 amide bonds. The van der Waals surface area contributed by atoms with Crippen molar-refractivity contribution in [1.29, 1.82) is 0 Å². The van der Waals surface area contributed by atoms with Gasteiger partial charge in [0.05, 0.1) is 5.69 Å². The number of aromatic nitrogens is 1. The second-order valence-corrected chi connectivity index (χ2v) is 7.97. The molecule has 2 heterocycles. The van der Waals surface area contributed by atoms with Gasteiger partial charge in [0, 0.05) is 22.0 Å². The standard InChI is InChI=1S/C18H22ClN3OS/c1-12-7-9-22(10-8-12)11-16-13(2)20-18(24-16)21-17(23)14-3-5-15(19)6-4-14/h3-6,12H,7-11H2,1-2H3,(H,20,21,23). The van der Waals surface area contributed by atoms with E-state index in [9.17, 15) is 4.79 Å². The molecule has 0 bridgehead atoms. The lowest BCUT2D eigenvalue weighted by molar-refractivity contribution is 0.102. The number of aryl methyl sites for hydroxylation is 1. The molecule has 0 aliphatic carbocycles. The first-order valence-electron chi connectivity index (χ1n) is 8.27. The Hall–Kier alpha value is -1.43. The Bertz CT molecular complexity index is 706. The summed E-state index contributed by atoms with van der Waals surface area (Å²) >= 11 is 7.42. The van der Waals surface area contributed by atoms with Crippen LogP contribution in [0.2, 0.25) is 5.02 Å². The van der Waals surface area contributed by atoms with E-state index in [1.54, 1.807) is 35.6 Å². The normalized spacial score (nSPS) is 16.3. The van der Waals surface area contributed by atoms with Crippen LogP contribution in [0, 0.1) is 12.8 Å². The Kier molecular flexibility index (Phi) is 5.54. The smallest absolute Gasteiger partial charge is 0.257 e. The zero-order valence-electron chi connectivity index (χ0n) is 14.0. The summed E-state index contributed by atoms with van der Waals surface area (Å²) in [5, 5.41) is 4.17. The molecule has 6 heteroatoms. The van der Waals surface area contributed by atoms with Gasteiger partial charge in [-0.05, 0) is 63.0 Å². The third kappa shape index (κ3) is 4.35. The second kappa shape index (κ2) is 7.64. The van der Waals surface area contributed by atoms with Crippen LogP contribution >= 0.6 is 22.9 Å². The number of piperidine rings is 1. The van der Waals surface area contributed by atoms with Crippen molar-refractivity contribution in [3.63, 3.8) is 0 Å². The zero-order chi connectivity index (χ0) is 17.1. The van der Waals surface area contributed by atoms with Gasteiger partial charge >= 0.3 is 0 Å². The van der Waals surface area contributed by atoms with Gasteiger partial charge in [-0.25, -0.2) is 4.98 Å². The van der Waals surface area contributed by atoms with Crippen LogP contribution in [0.25, 0.3) is 0 Å². The molecule has 1 saturated heterocycles. The number of benzene rings is 1. The van der Waals surface area contributed by atoms with Gasteiger partial charge in [-0.1, -0.05) is 18.5 Å². The fraction of sp³-hybridized carbons (Fsp3) is 0.444. The predicted molar refractivity (Wildman–Crippen MR) is 99.9 cm³/mol. The first-order chi connectivity index (χ1) is 11.5. The Balaban J connectivity index is 1.63. The third-order valence-electron chi connectivity index (χ3n) is 4.46. The number of carbonyl (C=O) groups excluding carboxylic acids is 1. The highest BCUT2D eigenvalue weighted by Crippen LogP contribution is 2.26. The lowest BCUT2D eigenvalue weighted by Gasteiger charge is -2.29. The summed E-state index contributed by atoms with van der Waals surface area (Å²) in [6.45, 7) is 7.54. The Labute approximate surface area is 151 Å². The van der Waals surface area contributed by atoms with Gasteiger partial charge in [-0.15, -0.1) is 11.3 Å². The van der Waals surface area contributed by atoms with Crippen molar-refractivity contribution >= 4 is 34.0 Å². The number of amides is 1. The van der Waals surface area contributed by atoms with E-state index in [4.69, 9.17) is 11.6 Å². The predicted octanol–water partition coefficient (Wildman–Crippen LogP) is 4.59. The lowest BCUT2D eigenvalue weighted by atomic mass is 9.99. The van der Waals surface area contributed by atoms with E-state index in [2.05, 4.69) is 22.1 Å². The van der Waals surface area contributed by atoms with Crippen molar-refractivity contribution in [1.82, 2.24) is 9.88 Å². The van der Waals surface area contributed by atoms with Crippen molar-refractivity contribution in [3.05, 3.63) is 45.4 Å². The Morgan fingerprint density at radius 3 is 2.67 bits per heavy atom. The number of halogens is 1. The maximum Gasteiger partial charge on any atom is 0.257 e. The van der Waals surface area contributed by atoms with Crippen molar-refractivity contribution in [3.8, 4) is 0 Å². The fourth-order valence-corrected chi connectivity index (χ4v) is 3.95. The third-order valence-corrected chi connectivity index (χ3v) is 5.77. The summed E-state index contributed by atoms with van der Waals surface area (Å²) < 4.78 is 0. The number of nitrogens with zero attached hydrogens (tertiary/aromatic N) is 2. The van der Waals surface area contributed by atoms with Crippen LogP contribution in [0.15, 0.2) is 24.3 Å². The molecule has 128 valence electrons. The SMILES string of the molecule is Cc1nc(NC(=O)c2ccc(Cl)cc2)sc1CN1CCC(C)CC1. The largest absolute Gasteiger partial charge is 0.298 e. The number of likely N-dealkylation sites (tertiary alicyclic amines) is 1. The van der Waals surface area contributed by atoms with Crippen LogP contribution in [0.4, 0.5) is 5.13 Å². The summed E-state index contributed by atoms with van der Waals surface area (Å²) in [7, 11) is 0. The van der Waals surface area contributed by atoms with Crippen LogP contribution in [-0.2, 0) is 6.54 Å². The van der Waals surface area contributed by atoms with Crippen LogP contribution in [0.5, 0.6) is 0 Å². The molecular weight excluding hydrogens is 342 g/mol. The van der Waals surface area contributed by atoms with Crippen molar-refractivity contribution < 1.29 is 4.79 Å². The van der Waals surface area contributed by atoms with Crippen LogP contribution in [0.3, 0.4) is 0 Å². The van der Waals surface area contributed by atoms with E-state index in [1.807, 2.05) is 6.92 Å². The molecule has 1 fully saturated rings. The van der Waals surface area contributed by atoms with E-state index in [0.29, 0.717) is 15.7 Å². The van der Waals surface area contributed by atoms with Gasteiger partial charge in [0.2, 0.25) is 0 Å². The summed E-state index contributed by atoms with van der Waals surface area (Å²) in [4.78, 5) is 20.5. The number of carbonyl (C=O) groups is 1. The number of thiazole rings is 1. The first-order valence-corrected chi connectivity index (χ1v) is 9.46. The molecule has 24 heavy (non-hydrogen) atoms. The van der Waals surface area contributed by atoms with E-state index >= 15 is 0 Å². The molecule has 2 aromatic rings. The second-order valence-electron chi connectivity index (χ2n) is 6.45. The van der Waals surface area contributed by atoms with Crippen LogP contribution < -0.4 is 5.32 Å². The van der Waals surface area contributed by atoms with Gasteiger partial charge < -0.3 is 0 Å². The minimum atomic E-state index is -0.154. The van der Waals surface area contributed by atoms with Crippen molar-refractivity contribution in [2.45, 2.75) is 33.2 Å². The summed E-state index contributed by atoms with van der Waals surface area (Å²) in [5.41, 5.74) is 1.59. The fourth-order valence-electron chi connectivity index (χ4n) is 2.82. The molecule has 1 N–H and O–H groups in total. The molecule has 0 radical (unpaired) electrons. The van der Waals surface area contributed by atoms with Crippen molar-refractivity contribution in [2.24, 2.45) is 5.92 Å². The molecule has 0 saturated carbocycles. The zero-order valence-corrected chi connectivity index (χ0v) is 15.6. The number of hydrogen-bond donors (Lipinski definition) is 1. The van der Waals surface area contributed by atoms with Gasteiger partial charge in [0.25, 0.3) is 5.91 Å². The quantitative estimate of drug-likeness (QED) is 0.864. The topological polar surface area (TPSA) is 45.2 Å². The van der Waals surface area contributed by atoms with Crippen LogP contribution in [0.1, 0.15) is 40.7 Å². The van der Waals surface area contributed by atoms with Gasteiger partial charge in [0.15, 0.2) is 5.13 Å². The maximum absolute atomic E-state index is 12.3. The average molecular weight is 364 g/mol. The monoisotopic (exact) mass is 363 g/mol. The molecule has 0 atom stereocenters. The molecule has 1 aromatic heterocycles. The number of anilines is 1. The molecule has 1 aromatic carbocycles. The minimum Gasteiger partial charge on any atom is -0.298 e. The highest BCUT2D eigenvalue weighted by molar-refractivity contribution is 7.15. The first kappa shape index (κ1) is 17.4. The van der Waals surface area contributed by atoms with E-state index < -0.39 is 0 Å². The van der Waals surface area contributed by atoms with Gasteiger partial charge in [-0.2, -0.15) is 0 Å². The average Bonchev–Trinajstić information content (AvgIpc) is 2.89. The number of nitrogens with one attached hydrogen (secondary N) is 1. The number of rotatable bonds is 4. The molecule has 3 rings (SSSR count). The molecule has 1 aliphatic heterocycles. The lowest BCUT2D eigenvalue weighted by Crippen LogP contribution is -2.32. The van der Waals surface area contributed by atoms with E-state index in [-0.39, 0.29) is 5.91 Å². The summed E-state index contributed by atoms with van der Waals surface area (Å²) in [5.74, 6) is 0.678. The van der Waals surface area contributed by atoms with E-state index in [0.717, 1.165) is 31.2 Å². The number of hydrogen-bond acceptors (Lipinski definition) is 4. The highest BCUT2D eigenvalue weighted by atomic mass is 35.5. The Morgan fingerprint density at radius 2 is 2.00 bits per heavy atom. The van der Waals surface area contributed by atoms with Gasteiger partial charge in [0.1, 0.15) is 0 Å². The van der Waals surface area contributed by atoms with Gasteiger partial charge in [-0.3, -0.25) is 15.0 Å². The Morgan fingerprint density at radius 1 is 1.33 bits per heavy atom.